The molecule has 0 bridgehead atoms. The van der Waals surface area contributed by atoms with E-state index in [-0.39, 0.29) is 17.7 Å². The van der Waals surface area contributed by atoms with Gasteiger partial charge >= 0.3 is 0 Å². The second-order valence-corrected chi connectivity index (χ2v) is 5.87. The van der Waals surface area contributed by atoms with E-state index in [1.165, 1.54) is 0 Å². The van der Waals surface area contributed by atoms with Gasteiger partial charge in [0.15, 0.2) is 0 Å². The van der Waals surface area contributed by atoms with E-state index < -0.39 is 10.0 Å². The smallest absolute Gasteiger partial charge is 0.214 e. The molecule has 13 heavy (non-hydrogen) atoms. The van der Waals surface area contributed by atoms with Crippen molar-refractivity contribution in [3.05, 3.63) is 0 Å². The molecule has 78 valence electrons. The maximum absolute atomic E-state index is 11.5. The van der Waals surface area contributed by atoms with Crippen molar-refractivity contribution in [1.29, 1.82) is 0 Å². The first-order valence-electron chi connectivity index (χ1n) is 4.68. The van der Waals surface area contributed by atoms with Gasteiger partial charge in [0, 0.05) is 19.1 Å². The predicted molar refractivity (Wildman–Crippen MR) is 52.8 cm³/mol. The molecule has 4 nitrogen and oxygen atoms in total. The van der Waals surface area contributed by atoms with Crippen molar-refractivity contribution in [2.24, 2.45) is 11.7 Å². The second kappa shape index (κ2) is 3.94. The van der Waals surface area contributed by atoms with Crippen LogP contribution in [0.1, 0.15) is 20.3 Å². The highest BCUT2D eigenvalue weighted by atomic mass is 32.2. The minimum absolute atomic E-state index is 0.0208. The Bertz CT molecular complexity index is 261. The summed E-state index contributed by atoms with van der Waals surface area (Å²) in [4.78, 5) is 0. The van der Waals surface area contributed by atoms with Gasteiger partial charge < -0.3 is 5.73 Å². The van der Waals surface area contributed by atoms with Crippen LogP contribution in [0.2, 0.25) is 0 Å². The van der Waals surface area contributed by atoms with Gasteiger partial charge in [0.25, 0.3) is 0 Å². The molecule has 0 aromatic rings. The first-order valence-corrected chi connectivity index (χ1v) is 6.29. The van der Waals surface area contributed by atoms with Gasteiger partial charge in [-0.05, 0) is 12.3 Å². The Morgan fingerprint density at radius 2 is 2.08 bits per heavy atom. The van der Waals surface area contributed by atoms with Crippen molar-refractivity contribution >= 4 is 10.0 Å². The molecule has 0 saturated carbocycles. The van der Waals surface area contributed by atoms with Gasteiger partial charge in [-0.1, -0.05) is 13.8 Å². The molecule has 5 heteroatoms. The van der Waals surface area contributed by atoms with Crippen molar-refractivity contribution in [2.75, 3.05) is 18.8 Å². The van der Waals surface area contributed by atoms with E-state index in [1.54, 1.807) is 4.31 Å². The molecule has 1 rings (SSSR count). The van der Waals surface area contributed by atoms with Gasteiger partial charge in [-0.15, -0.1) is 0 Å². The molecule has 1 unspecified atom stereocenters. The average molecular weight is 206 g/mol. The minimum Gasteiger partial charge on any atom is -0.329 e. The molecule has 1 heterocycles. The first-order chi connectivity index (χ1) is 5.99. The van der Waals surface area contributed by atoms with Crippen molar-refractivity contribution in [3.8, 4) is 0 Å². The van der Waals surface area contributed by atoms with Crippen LogP contribution in [-0.2, 0) is 10.0 Å². The second-order valence-electron chi connectivity index (χ2n) is 3.83. The number of sulfonamides is 1. The van der Waals surface area contributed by atoms with Gasteiger partial charge in [-0.3, -0.25) is 0 Å². The molecule has 0 amide bonds. The third kappa shape index (κ3) is 2.21. The standard InChI is InChI=1S/C8H18N2O2S/c1-7(2)8(6-9)10-4-3-5-13(10,11)12/h7-8H,3-6,9H2,1-2H3. The summed E-state index contributed by atoms with van der Waals surface area (Å²) in [6.07, 6.45) is 0.742. The summed E-state index contributed by atoms with van der Waals surface area (Å²) >= 11 is 0. The molecule has 1 aliphatic rings. The van der Waals surface area contributed by atoms with Crippen LogP contribution < -0.4 is 5.73 Å². The normalized spacial score (nSPS) is 25.2. The third-order valence-corrected chi connectivity index (χ3v) is 4.49. The summed E-state index contributed by atoms with van der Waals surface area (Å²) in [5, 5.41) is 0. The summed E-state index contributed by atoms with van der Waals surface area (Å²) < 4.78 is 24.6. The lowest BCUT2D eigenvalue weighted by Crippen LogP contribution is -2.44. The van der Waals surface area contributed by atoms with Gasteiger partial charge in [0.2, 0.25) is 10.0 Å². The van der Waals surface area contributed by atoms with Crippen LogP contribution in [0.4, 0.5) is 0 Å². The number of hydrogen-bond acceptors (Lipinski definition) is 3. The highest BCUT2D eigenvalue weighted by Gasteiger charge is 2.34. The topological polar surface area (TPSA) is 63.4 Å². The fourth-order valence-corrected chi connectivity index (χ4v) is 3.63. The monoisotopic (exact) mass is 206 g/mol. The van der Waals surface area contributed by atoms with Crippen molar-refractivity contribution in [3.63, 3.8) is 0 Å². The van der Waals surface area contributed by atoms with Crippen LogP contribution in [0.5, 0.6) is 0 Å². The van der Waals surface area contributed by atoms with E-state index in [4.69, 9.17) is 5.73 Å². The summed E-state index contributed by atoms with van der Waals surface area (Å²) in [6, 6.07) is -0.0208. The zero-order valence-corrected chi connectivity index (χ0v) is 9.05. The summed E-state index contributed by atoms with van der Waals surface area (Å²) in [5.41, 5.74) is 5.57. The van der Waals surface area contributed by atoms with Crippen LogP contribution in [0.3, 0.4) is 0 Å². The number of rotatable bonds is 3. The van der Waals surface area contributed by atoms with Crippen LogP contribution >= 0.6 is 0 Å². The summed E-state index contributed by atoms with van der Waals surface area (Å²) in [7, 11) is -2.99. The fourth-order valence-electron chi connectivity index (χ4n) is 1.75. The molecule has 0 aliphatic carbocycles. The maximum Gasteiger partial charge on any atom is 0.214 e. The molecule has 0 spiro atoms. The number of nitrogens with zero attached hydrogens (tertiary/aromatic N) is 1. The molecule has 0 aromatic heterocycles. The van der Waals surface area contributed by atoms with E-state index in [0.29, 0.717) is 13.1 Å². The van der Waals surface area contributed by atoms with E-state index in [9.17, 15) is 8.42 Å². The molecule has 1 saturated heterocycles. The highest BCUT2D eigenvalue weighted by Crippen LogP contribution is 2.20. The lowest BCUT2D eigenvalue weighted by atomic mass is 10.0. The highest BCUT2D eigenvalue weighted by molar-refractivity contribution is 7.89. The molecule has 0 aromatic carbocycles. The predicted octanol–water partition coefficient (Wildman–Crippen LogP) is 0.00520. The molecular weight excluding hydrogens is 188 g/mol. The molecule has 0 radical (unpaired) electrons. The van der Waals surface area contributed by atoms with Crippen LogP contribution in [0, 0.1) is 5.92 Å². The Morgan fingerprint density at radius 3 is 2.38 bits per heavy atom. The van der Waals surface area contributed by atoms with Crippen LogP contribution in [0.25, 0.3) is 0 Å². The Kier molecular flexibility index (Phi) is 3.32. The molecular formula is C8H18N2O2S. The molecule has 1 fully saturated rings. The van der Waals surface area contributed by atoms with E-state index >= 15 is 0 Å². The summed E-state index contributed by atoms with van der Waals surface area (Å²) in [6.45, 7) is 5.07. The van der Waals surface area contributed by atoms with Gasteiger partial charge in [0.1, 0.15) is 0 Å². The third-order valence-electron chi connectivity index (χ3n) is 2.52. The SMILES string of the molecule is CC(C)C(CN)N1CCCS1(=O)=O. The van der Waals surface area contributed by atoms with Gasteiger partial charge in [0.05, 0.1) is 5.75 Å². The van der Waals surface area contributed by atoms with Crippen molar-refractivity contribution in [1.82, 2.24) is 4.31 Å². The fraction of sp³-hybridized carbons (Fsp3) is 1.00. The Labute approximate surface area is 80.1 Å². The number of hydrogen-bond donors (Lipinski definition) is 1. The van der Waals surface area contributed by atoms with E-state index in [0.717, 1.165) is 6.42 Å². The summed E-state index contributed by atoms with van der Waals surface area (Å²) in [5.74, 6) is 0.578. The Balaban J connectivity index is 2.80. The lowest BCUT2D eigenvalue weighted by Gasteiger charge is -2.28. The van der Waals surface area contributed by atoms with Crippen molar-refractivity contribution < 1.29 is 8.42 Å². The maximum atomic E-state index is 11.5. The van der Waals surface area contributed by atoms with Crippen LogP contribution in [0.15, 0.2) is 0 Å². The van der Waals surface area contributed by atoms with E-state index in [1.807, 2.05) is 13.8 Å². The van der Waals surface area contributed by atoms with Gasteiger partial charge in [-0.25, -0.2) is 8.42 Å². The van der Waals surface area contributed by atoms with Crippen LogP contribution in [-0.4, -0.2) is 37.6 Å². The first kappa shape index (κ1) is 10.9. The largest absolute Gasteiger partial charge is 0.329 e. The number of nitrogens with two attached hydrogens (primary N) is 1. The Morgan fingerprint density at radius 1 is 1.46 bits per heavy atom. The zero-order valence-electron chi connectivity index (χ0n) is 8.23. The molecule has 1 atom stereocenters. The quantitative estimate of drug-likeness (QED) is 0.707. The molecule has 1 aliphatic heterocycles. The lowest BCUT2D eigenvalue weighted by molar-refractivity contribution is 0.279. The van der Waals surface area contributed by atoms with Crippen molar-refractivity contribution in [2.45, 2.75) is 26.3 Å². The Hall–Kier alpha value is -0.130. The zero-order chi connectivity index (χ0) is 10.1. The minimum atomic E-state index is -2.99. The average Bonchev–Trinajstić information content (AvgIpc) is 2.32. The van der Waals surface area contributed by atoms with E-state index in [2.05, 4.69) is 0 Å². The molecule has 2 N–H and O–H groups in total. The van der Waals surface area contributed by atoms with Gasteiger partial charge in [-0.2, -0.15) is 4.31 Å².